The van der Waals surface area contributed by atoms with Crippen LogP contribution in [0.4, 0.5) is 0 Å². The monoisotopic (exact) mass is 338 g/mol. The van der Waals surface area contributed by atoms with E-state index in [4.69, 9.17) is 0 Å². The van der Waals surface area contributed by atoms with Gasteiger partial charge in [0.2, 0.25) is 5.91 Å². The van der Waals surface area contributed by atoms with E-state index < -0.39 is 12.0 Å². The molecule has 2 N–H and O–H groups in total. The van der Waals surface area contributed by atoms with Gasteiger partial charge in [-0.05, 0) is 30.0 Å². The molecular weight excluding hydrogens is 316 g/mol. The third-order valence-electron chi connectivity index (χ3n) is 4.75. The van der Waals surface area contributed by atoms with Gasteiger partial charge in [0.25, 0.3) is 0 Å². The highest BCUT2D eigenvalue weighted by Gasteiger charge is 2.29. The van der Waals surface area contributed by atoms with E-state index in [1.54, 1.807) is 24.3 Å². The number of hydrogen-bond donors (Lipinski definition) is 2. The summed E-state index contributed by atoms with van der Waals surface area (Å²) in [7, 11) is 0. The van der Waals surface area contributed by atoms with Crippen LogP contribution >= 0.6 is 0 Å². The molecule has 0 aromatic heterocycles. The Morgan fingerprint density at radius 1 is 1.04 bits per heavy atom. The van der Waals surface area contributed by atoms with Crippen LogP contribution in [0, 0.1) is 0 Å². The van der Waals surface area contributed by atoms with Crippen molar-refractivity contribution >= 4 is 11.9 Å². The number of benzene rings is 2. The van der Waals surface area contributed by atoms with Gasteiger partial charge in [-0.1, -0.05) is 54.6 Å². The van der Waals surface area contributed by atoms with Gasteiger partial charge in [-0.15, -0.1) is 0 Å². The summed E-state index contributed by atoms with van der Waals surface area (Å²) in [5.41, 5.74) is 3.12. The highest BCUT2D eigenvalue weighted by Crippen LogP contribution is 2.21. The van der Waals surface area contributed by atoms with Crippen LogP contribution in [0.3, 0.4) is 0 Å². The number of fused-ring (bicyclic) bond motifs is 1. The molecule has 2 aromatic carbocycles. The number of amides is 1. The molecule has 130 valence electrons. The molecule has 5 nitrogen and oxygen atoms in total. The Bertz CT molecular complexity index is 761. The van der Waals surface area contributed by atoms with Crippen LogP contribution < -0.4 is 5.32 Å². The number of carboxylic acid groups (broad SMARTS) is 1. The first kappa shape index (κ1) is 17.2. The standard InChI is InChI=1S/C20H22N2O3/c1-14(22-12-11-15-7-5-6-10-17(15)13-22)19(23)21-18(20(24)25)16-8-3-2-4-9-16/h2-10,14,18H,11-13H2,1H3,(H,21,23)(H,24,25)/t14-,18+/m1/s1. The molecule has 3 rings (SSSR count). The molecule has 0 saturated carbocycles. The molecule has 0 aliphatic carbocycles. The zero-order valence-electron chi connectivity index (χ0n) is 14.2. The van der Waals surface area contributed by atoms with Crippen molar-refractivity contribution in [3.8, 4) is 0 Å². The summed E-state index contributed by atoms with van der Waals surface area (Å²) < 4.78 is 0. The Labute approximate surface area is 147 Å². The first-order valence-corrected chi connectivity index (χ1v) is 8.45. The maximum absolute atomic E-state index is 12.6. The van der Waals surface area contributed by atoms with Gasteiger partial charge in [0.15, 0.2) is 6.04 Å². The highest BCUT2D eigenvalue weighted by molar-refractivity contribution is 5.87. The number of nitrogens with one attached hydrogen (secondary N) is 1. The van der Waals surface area contributed by atoms with E-state index in [0.717, 1.165) is 13.0 Å². The van der Waals surface area contributed by atoms with E-state index in [9.17, 15) is 14.7 Å². The van der Waals surface area contributed by atoms with Crippen LogP contribution in [-0.2, 0) is 22.6 Å². The molecule has 0 fully saturated rings. The first-order valence-electron chi connectivity index (χ1n) is 8.45. The van der Waals surface area contributed by atoms with Crippen molar-refractivity contribution in [3.63, 3.8) is 0 Å². The highest BCUT2D eigenvalue weighted by atomic mass is 16.4. The van der Waals surface area contributed by atoms with Gasteiger partial charge in [-0.3, -0.25) is 9.69 Å². The molecule has 0 radical (unpaired) electrons. The molecule has 0 saturated heterocycles. The number of aliphatic carboxylic acids is 1. The molecule has 0 spiro atoms. The zero-order chi connectivity index (χ0) is 17.8. The summed E-state index contributed by atoms with van der Waals surface area (Å²) in [4.78, 5) is 26.3. The van der Waals surface area contributed by atoms with Gasteiger partial charge in [0, 0.05) is 13.1 Å². The molecule has 1 amide bonds. The zero-order valence-corrected chi connectivity index (χ0v) is 14.2. The quantitative estimate of drug-likeness (QED) is 0.878. The Kier molecular flexibility index (Phi) is 5.14. The Morgan fingerprint density at radius 2 is 1.68 bits per heavy atom. The number of hydrogen-bond acceptors (Lipinski definition) is 3. The van der Waals surface area contributed by atoms with Crippen LogP contribution in [0.2, 0.25) is 0 Å². The fourth-order valence-electron chi connectivity index (χ4n) is 3.21. The minimum Gasteiger partial charge on any atom is -0.479 e. The Balaban J connectivity index is 1.69. The molecular formula is C20H22N2O3. The molecule has 2 aromatic rings. The van der Waals surface area contributed by atoms with Gasteiger partial charge in [-0.2, -0.15) is 0 Å². The van der Waals surface area contributed by atoms with Crippen molar-refractivity contribution in [3.05, 3.63) is 71.3 Å². The Hall–Kier alpha value is -2.66. The molecule has 1 heterocycles. The largest absolute Gasteiger partial charge is 0.479 e. The third kappa shape index (κ3) is 3.88. The molecule has 1 aliphatic heterocycles. The van der Waals surface area contributed by atoms with Crippen molar-refractivity contribution in [1.29, 1.82) is 0 Å². The normalized spacial score (nSPS) is 16.5. The predicted molar refractivity (Wildman–Crippen MR) is 95.0 cm³/mol. The van der Waals surface area contributed by atoms with Crippen molar-refractivity contribution in [2.75, 3.05) is 6.54 Å². The molecule has 0 unspecified atom stereocenters. The number of carbonyl (C=O) groups excluding carboxylic acids is 1. The van der Waals surface area contributed by atoms with Crippen molar-refractivity contribution in [2.24, 2.45) is 0 Å². The van der Waals surface area contributed by atoms with Gasteiger partial charge in [-0.25, -0.2) is 4.79 Å². The van der Waals surface area contributed by atoms with Crippen LogP contribution in [0.1, 0.15) is 29.7 Å². The third-order valence-corrected chi connectivity index (χ3v) is 4.75. The van der Waals surface area contributed by atoms with Crippen molar-refractivity contribution < 1.29 is 14.7 Å². The minimum absolute atomic E-state index is 0.268. The lowest BCUT2D eigenvalue weighted by molar-refractivity contribution is -0.142. The summed E-state index contributed by atoms with van der Waals surface area (Å²) in [6.45, 7) is 3.32. The Morgan fingerprint density at radius 3 is 2.36 bits per heavy atom. The summed E-state index contributed by atoms with van der Waals surface area (Å²) in [6.07, 6.45) is 0.898. The summed E-state index contributed by atoms with van der Waals surface area (Å²) in [6, 6.07) is 15.6. The lowest BCUT2D eigenvalue weighted by Crippen LogP contribution is -2.48. The second kappa shape index (κ2) is 7.49. The second-order valence-electron chi connectivity index (χ2n) is 6.36. The van der Waals surface area contributed by atoms with E-state index in [1.807, 2.05) is 25.1 Å². The van der Waals surface area contributed by atoms with Crippen molar-refractivity contribution in [1.82, 2.24) is 10.2 Å². The van der Waals surface area contributed by atoms with Crippen LogP contribution in [0.15, 0.2) is 54.6 Å². The van der Waals surface area contributed by atoms with E-state index in [0.29, 0.717) is 12.1 Å². The average Bonchev–Trinajstić information content (AvgIpc) is 2.65. The molecule has 2 atom stereocenters. The van der Waals surface area contributed by atoms with E-state index in [2.05, 4.69) is 22.3 Å². The smallest absolute Gasteiger partial charge is 0.330 e. The van der Waals surface area contributed by atoms with Gasteiger partial charge in [0.05, 0.1) is 6.04 Å². The SMILES string of the molecule is C[C@H](C(=O)N[C@H](C(=O)O)c1ccccc1)N1CCc2ccccc2C1. The van der Waals surface area contributed by atoms with Gasteiger partial charge in [0.1, 0.15) is 0 Å². The minimum atomic E-state index is -1.06. The maximum atomic E-state index is 12.6. The van der Waals surface area contributed by atoms with E-state index in [1.165, 1.54) is 11.1 Å². The lowest BCUT2D eigenvalue weighted by Gasteiger charge is -2.33. The van der Waals surface area contributed by atoms with Gasteiger partial charge >= 0.3 is 5.97 Å². The molecule has 25 heavy (non-hydrogen) atoms. The summed E-state index contributed by atoms with van der Waals surface area (Å²) in [5, 5.41) is 12.1. The topological polar surface area (TPSA) is 69.6 Å². The van der Waals surface area contributed by atoms with Crippen LogP contribution in [0.5, 0.6) is 0 Å². The number of nitrogens with zero attached hydrogens (tertiary/aromatic N) is 1. The number of rotatable bonds is 5. The summed E-state index contributed by atoms with van der Waals surface area (Å²) in [5.74, 6) is -1.33. The summed E-state index contributed by atoms with van der Waals surface area (Å²) >= 11 is 0. The lowest BCUT2D eigenvalue weighted by atomic mass is 9.98. The van der Waals surface area contributed by atoms with E-state index in [-0.39, 0.29) is 11.9 Å². The van der Waals surface area contributed by atoms with Crippen LogP contribution in [-0.4, -0.2) is 34.5 Å². The number of carboxylic acids is 1. The molecule has 1 aliphatic rings. The first-order chi connectivity index (χ1) is 12.1. The molecule has 5 heteroatoms. The van der Waals surface area contributed by atoms with Crippen LogP contribution in [0.25, 0.3) is 0 Å². The van der Waals surface area contributed by atoms with Crippen molar-refractivity contribution in [2.45, 2.75) is 32.0 Å². The van der Waals surface area contributed by atoms with E-state index >= 15 is 0 Å². The average molecular weight is 338 g/mol. The molecule has 0 bridgehead atoms. The fourth-order valence-corrected chi connectivity index (χ4v) is 3.21. The second-order valence-corrected chi connectivity index (χ2v) is 6.36. The predicted octanol–water partition coefficient (Wildman–Crippen LogP) is 2.38. The fraction of sp³-hybridized carbons (Fsp3) is 0.300. The van der Waals surface area contributed by atoms with Gasteiger partial charge < -0.3 is 10.4 Å². The maximum Gasteiger partial charge on any atom is 0.330 e. The number of carbonyl (C=O) groups is 2.